The van der Waals surface area contributed by atoms with Gasteiger partial charge in [0.05, 0.1) is 7.11 Å². The van der Waals surface area contributed by atoms with Crippen LogP contribution in [0.25, 0.3) is 6.08 Å². The quantitative estimate of drug-likeness (QED) is 0.715. The molecule has 0 aromatic heterocycles. The first-order valence-electron chi connectivity index (χ1n) is 3.91. The molecule has 0 fully saturated rings. The molecule has 74 valence electrons. The molecule has 0 atom stereocenters. The van der Waals surface area contributed by atoms with Gasteiger partial charge in [-0.25, -0.2) is 4.79 Å². The zero-order chi connectivity index (χ0) is 10.6. The van der Waals surface area contributed by atoms with Crippen molar-refractivity contribution in [3.63, 3.8) is 0 Å². The fourth-order valence-corrected chi connectivity index (χ4v) is 1.01. The highest BCUT2D eigenvalue weighted by molar-refractivity contribution is 5.86. The number of ether oxygens (including phenoxy) is 1. The average Bonchev–Trinajstić information content (AvgIpc) is 2.15. The Bertz CT molecular complexity index is 368. The summed E-state index contributed by atoms with van der Waals surface area (Å²) in [5, 5.41) is 17.6. The lowest BCUT2D eigenvalue weighted by Crippen LogP contribution is -1.89. The summed E-state index contributed by atoms with van der Waals surface area (Å²) in [5.74, 6) is -0.466. The summed E-state index contributed by atoms with van der Waals surface area (Å²) in [5.41, 5.74) is 0.523. The number of aliphatic carboxylic acids is 1. The molecule has 4 nitrogen and oxygen atoms in total. The first-order chi connectivity index (χ1) is 6.63. The van der Waals surface area contributed by atoms with Crippen LogP contribution in [0.5, 0.6) is 11.5 Å². The maximum Gasteiger partial charge on any atom is 0.328 e. The van der Waals surface area contributed by atoms with Crippen molar-refractivity contribution >= 4 is 12.0 Å². The highest BCUT2D eigenvalue weighted by atomic mass is 16.5. The van der Waals surface area contributed by atoms with Gasteiger partial charge in [0.25, 0.3) is 0 Å². The van der Waals surface area contributed by atoms with Gasteiger partial charge < -0.3 is 14.9 Å². The largest absolute Gasteiger partial charge is 0.508 e. The predicted molar refractivity (Wildman–Crippen MR) is 51.3 cm³/mol. The molecule has 1 aromatic carbocycles. The van der Waals surface area contributed by atoms with Crippen molar-refractivity contribution in [1.82, 2.24) is 0 Å². The summed E-state index contributed by atoms with van der Waals surface area (Å²) < 4.78 is 4.98. The molecule has 0 heterocycles. The Labute approximate surface area is 81.1 Å². The number of phenolic OH excluding ortho intramolecular Hbond substituents is 1. The second kappa shape index (κ2) is 4.32. The minimum atomic E-state index is -1.05. The van der Waals surface area contributed by atoms with E-state index in [-0.39, 0.29) is 5.75 Å². The van der Waals surface area contributed by atoms with E-state index in [0.29, 0.717) is 11.3 Å². The monoisotopic (exact) mass is 194 g/mol. The highest BCUT2D eigenvalue weighted by Crippen LogP contribution is 2.24. The van der Waals surface area contributed by atoms with Crippen molar-refractivity contribution in [2.24, 2.45) is 0 Å². The second-order valence-electron chi connectivity index (χ2n) is 2.60. The molecule has 0 radical (unpaired) electrons. The molecule has 0 saturated carbocycles. The number of carboxylic acid groups (broad SMARTS) is 1. The van der Waals surface area contributed by atoms with E-state index < -0.39 is 5.97 Å². The fourth-order valence-electron chi connectivity index (χ4n) is 1.01. The maximum atomic E-state index is 10.3. The Hall–Kier alpha value is -1.97. The summed E-state index contributed by atoms with van der Waals surface area (Å²) in [6.07, 6.45) is 2.35. The molecule has 0 amide bonds. The zero-order valence-corrected chi connectivity index (χ0v) is 7.60. The van der Waals surface area contributed by atoms with Crippen LogP contribution in [0.15, 0.2) is 24.3 Å². The third-order valence-electron chi connectivity index (χ3n) is 1.62. The Kier molecular flexibility index (Phi) is 3.12. The molecule has 0 aliphatic rings. The second-order valence-corrected chi connectivity index (χ2v) is 2.60. The molecule has 2 N–H and O–H groups in total. The first kappa shape index (κ1) is 10.1. The number of carboxylic acids is 1. The van der Waals surface area contributed by atoms with Crippen molar-refractivity contribution < 1.29 is 19.7 Å². The lowest BCUT2D eigenvalue weighted by atomic mass is 10.2. The number of carbonyl (C=O) groups is 1. The fraction of sp³-hybridized carbons (Fsp3) is 0.100. The van der Waals surface area contributed by atoms with Crippen LogP contribution in [0.4, 0.5) is 0 Å². The van der Waals surface area contributed by atoms with Gasteiger partial charge in [0.2, 0.25) is 0 Å². The topological polar surface area (TPSA) is 66.8 Å². The summed E-state index contributed by atoms with van der Waals surface area (Å²) in [7, 11) is 1.48. The van der Waals surface area contributed by atoms with E-state index in [9.17, 15) is 4.79 Å². The van der Waals surface area contributed by atoms with Gasteiger partial charge in [0.1, 0.15) is 11.5 Å². The Balaban J connectivity index is 3.04. The van der Waals surface area contributed by atoms with E-state index in [4.69, 9.17) is 14.9 Å². The van der Waals surface area contributed by atoms with Crippen molar-refractivity contribution in [3.8, 4) is 11.5 Å². The van der Waals surface area contributed by atoms with Crippen LogP contribution in [0, 0.1) is 0 Å². The van der Waals surface area contributed by atoms with Crippen LogP contribution >= 0.6 is 0 Å². The standard InChI is InChI=1S/C10H10O4/c1-14-9-4-3-8(11)6-7(9)2-5-10(12)13/h2-6,11H,1H3,(H,12,13). The summed E-state index contributed by atoms with van der Waals surface area (Å²) in [6.45, 7) is 0. The van der Waals surface area contributed by atoms with Gasteiger partial charge >= 0.3 is 5.97 Å². The summed E-state index contributed by atoms with van der Waals surface area (Å²) >= 11 is 0. The van der Waals surface area contributed by atoms with Crippen LogP contribution in [0.2, 0.25) is 0 Å². The summed E-state index contributed by atoms with van der Waals surface area (Å²) in [4.78, 5) is 10.3. The molecule has 0 spiro atoms. The lowest BCUT2D eigenvalue weighted by Gasteiger charge is -2.04. The number of hydrogen-bond donors (Lipinski definition) is 2. The van der Waals surface area contributed by atoms with E-state index in [1.165, 1.54) is 25.3 Å². The average molecular weight is 194 g/mol. The number of methoxy groups -OCH3 is 1. The summed E-state index contributed by atoms with van der Waals surface area (Å²) in [6, 6.07) is 4.46. The number of phenols is 1. The van der Waals surface area contributed by atoms with Crippen molar-refractivity contribution in [2.75, 3.05) is 7.11 Å². The van der Waals surface area contributed by atoms with E-state index in [1.54, 1.807) is 6.07 Å². The Morgan fingerprint density at radius 2 is 2.21 bits per heavy atom. The number of benzene rings is 1. The molecule has 0 bridgehead atoms. The van der Waals surface area contributed by atoms with Crippen LogP contribution in [-0.4, -0.2) is 23.3 Å². The highest BCUT2D eigenvalue weighted by Gasteiger charge is 2.00. The van der Waals surface area contributed by atoms with Crippen molar-refractivity contribution in [3.05, 3.63) is 29.8 Å². The van der Waals surface area contributed by atoms with E-state index >= 15 is 0 Å². The van der Waals surface area contributed by atoms with Crippen LogP contribution in [-0.2, 0) is 4.79 Å². The van der Waals surface area contributed by atoms with Gasteiger partial charge in [-0.1, -0.05) is 0 Å². The zero-order valence-electron chi connectivity index (χ0n) is 7.60. The maximum absolute atomic E-state index is 10.3. The SMILES string of the molecule is COc1ccc(O)cc1C=CC(=O)O. The molecular weight excluding hydrogens is 184 g/mol. The molecule has 14 heavy (non-hydrogen) atoms. The minimum absolute atomic E-state index is 0.0656. The Morgan fingerprint density at radius 3 is 2.79 bits per heavy atom. The van der Waals surface area contributed by atoms with Gasteiger partial charge in [-0.3, -0.25) is 0 Å². The Morgan fingerprint density at radius 1 is 1.50 bits per heavy atom. The van der Waals surface area contributed by atoms with Gasteiger partial charge in [-0.2, -0.15) is 0 Å². The molecular formula is C10H10O4. The predicted octanol–water partition coefficient (Wildman–Crippen LogP) is 1.50. The van der Waals surface area contributed by atoms with Gasteiger partial charge in [0.15, 0.2) is 0 Å². The normalized spacial score (nSPS) is 10.4. The lowest BCUT2D eigenvalue weighted by molar-refractivity contribution is -0.131. The van der Waals surface area contributed by atoms with Crippen molar-refractivity contribution in [2.45, 2.75) is 0 Å². The van der Waals surface area contributed by atoms with Gasteiger partial charge in [0, 0.05) is 11.6 Å². The van der Waals surface area contributed by atoms with Crippen molar-refractivity contribution in [1.29, 1.82) is 0 Å². The third kappa shape index (κ3) is 2.52. The van der Waals surface area contributed by atoms with Gasteiger partial charge in [-0.15, -0.1) is 0 Å². The van der Waals surface area contributed by atoms with Gasteiger partial charge in [-0.05, 0) is 24.3 Å². The number of rotatable bonds is 3. The smallest absolute Gasteiger partial charge is 0.328 e. The number of hydrogen-bond acceptors (Lipinski definition) is 3. The molecule has 0 unspecified atom stereocenters. The van der Waals surface area contributed by atoms with E-state index in [0.717, 1.165) is 6.08 Å². The van der Waals surface area contributed by atoms with Crippen LogP contribution in [0.3, 0.4) is 0 Å². The molecule has 0 aliphatic carbocycles. The third-order valence-corrected chi connectivity index (χ3v) is 1.62. The molecule has 1 aromatic rings. The molecule has 0 saturated heterocycles. The number of aromatic hydroxyl groups is 1. The first-order valence-corrected chi connectivity index (χ1v) is 3.91. The van der Waals surface area contributed by atoms with E-state index in [1.807, 2.05) is 0 Å². The van der Waals surface area contributed by atoms with E-state index in [2.05, 4.69) is 0 Å². The molecule has 1 rings (SSSR count). The van der Waals surface area contributed by atoms with Crippen LogP contribution in [0.1, 0.15) is 5.56 Å². The molecule has 4 heteroatoms. The molecule has 0 aliphatic heterocycles. The minimum Gasteiger partial charge on any atom is -0.508 e. The van der Waals surface area contributed by atoms with Crippen LogP contribution < -0.4 is 4.74 Å².